The maximum atomic E-state index is 11.5. The summed E-state index contributed by atoms with van der Waals surface area (Å²) in [4.78, 5) is 26.1. The van der Waals surface area contributed by atoms with Crippen molar-refractivity contribution in [2.75, 3.05) is 25.0 Å². The fraction of sp³-hybridized carbons (Fsp3) is 0.500. The lowest BCUT2D eigenvalue weighted by Crippen LogP contribution is -2.26. The highest BCUT2D eigenvalue weighted by Gasteiger charge is 2.15. The van der Waals surface area contributed by atoms with Crippen molar-refractivity contribution in [3.05, 3.63) is 11.2 Å². The molecule has 0 unspecified atom stereocenters. The second-order valence-corrected chi connectivity index (χ2v) is 4.02. The third-order valence-corrected chi connectivity index (χ3v) is 2.60. The number of hydrogen-bond acceptors (Lipinski definition) is 6. The first kappa shape index (κ1) is 13.4. The summed E-state index contributed by atoms with van der Waals surface area (Å²) in [6, 6.07) is 0. The number of carbonyl (C=O) groups excluding carboxylic acids is 2. The Morgan fingerprint density at radius 2 is 2.24 bits per heavy atom. The zero-order valence-electron chi connectivity index (χ0n) is 9.78. The van der Waals surface area contributed by atoms with Crippen LogP contribution >= 0.6 is 11.3 Å². The Kier molecular flexibility index (Phi) is 5.41. The van der Waals surface area contributed by atoms with Crippen molar-refractivity contribution >= 4 is 28.2 Å². The number of nitrogens with zero attached hydrogens (tertiary/aromatic N) is 1. The number of anilines is 1. The minimum absolute atomic E-state index is 0.0817. The van der Waals surface area contributed by atoms with E-state index in [0.717, 1.165) is 0 Å². The van der Waals surface area contributed by atoms with E-state index in [1.807, 2.05) is 0 Å². The van der Waals surface area contributed by atoms with Crippen LogP contribution in [0.3, 0.4) is 0 Å². The van der Waals surface area contributed by atoms with E-state index in [1.54, 1.807) is 12.4 Å². The molecule has 0 spiro atoms. The van der Waals surface area contributed by atoms with Crippen molar-refractivity contribution in [3.63, 3.8) is 0 Å². The van der Waals surface area contributed by atoms with Gasteiger partial charge in [-0.15, -0.1) is 11.3 Å². The monoisotopic (exact) mass is 257 g/mol. The summed E-state index contributed by atoms with van der Waals surface area (Å²) in [5, 5.41) is 6.34. The fourth-order valence-corrected chi connectivity index (χ4v) is 1.83. The predicted octanol–water partition coefficient (Wildman–Crippen LogP) is 0.868. The molecule has 7 heteroatoms. The normalized spacial score (nSPS) is 9.76. The lowest BCUT2D eigenvalue weighted by Gasteiger charge is -2.06. The Hall–Kier alpha value is -1.63. The molecule has 0 aliphatic rings. The molecule has 0 radical (unpaired) electrons. The first-order chi connectivity index (χ1) is 8.15. The molecule has 0 aliphatic carbocycles. The Bertz CT molecular complexity index is 392. The van der Waals surface area contributed by atoms with Crippen LogP contribution in [-0.2, 0) is 9.53 Å². The molecule has 0 saturated heterocycles. The largest absolute Gasteiger partial charge is 0.461 e. The summed E-state index contributed by atoms with van der Waals surface area (Å²) in [6.45, 7) is 4.55. The van der Waals surface area contributed by atoms with Gasteiger partial charge in [0.1, 0.15) is 5.00 Å². The number of ether oxygens (including phenoxy) is 1. The van der Waals surface area contributed by atoms with Crippen molar-refractivity contribution in [2.45, 2.75) is 13.8 Å². The second-order valence-electron chi connectivity index (χ2n) is 3.16. The third-order valence-electron chi connectivity index (χ3n) is 1.82. The molecular weight excluding hydrogens is 242 g/mol. The van der Waals surface area contributed by atoms with E-state index in [1.165, 1.54) is 18.3 Å². The predicted molar refractivity (Wildman–Crippen MR) is 65.2 cm³/mol. The van der Waals surface area contributed by atoms with Gasteiger partial charge in [-0.25, -0.2) is 9.78 Å². The molecule has 0 bridgehead atoms. The van der Waals surface area contributed by atoms with Crippen molar-refractivity contribution < 1.29 is 14.3 Å². The van der Waals surface area contributed by atoms with Gasteiger partial charge in [0.2, 0.25) is 5.91 Å². The van der Waals surface area contributed by atoms with E-state index in [9.17, 15) is 9.59 Å². The topological polar surface area (TPSA) is 80.3 Å². The maximum Gasteiger partial charge on any atom is 0.360 e. The Morgan fingerprint density at radius 1 is 1.47 bits per heavy atom. The zero-order chi connectivity index (χ0) is 12.7. The Morgan fingerprint density at radius 3 is 2.88 bits per heavy atom. The van der Waals surface area contributed by atoms with Gasteiger partial charge in [0, 0.05) is 20.0 Å². The summed E-state index contributed by atoms with van der Waals surface area (Å²) in [6.07, 6.45) is 0. The van der Waals surface area contributed by atoms with Crippen LogP contribution in [0, 0.1) is 0 Å². The molecule has 2 N–H and O–H groups in total. The zero-order valence-corrected chi connectivity index (χ0v) is 10.6. The van der Waals surface area contributed by atoms with Crippen LogP contribution in [0.4, 0.5) is 5.00 Å². The van der Waals surface area contributed by atoms with Gasteiger partial charge < -0.3 is 15.4 Å². The lowest BCUT2D eigenvalue weighted by atomic mass is 10.4. The quantitative estimate of drug-likeness (QED) is 0.584. The summed E-state index contributed by atoms with van der Waals surface area (Å²) < 4.78 is 4.87. The van der Waals surface area contributed by atoms with Crippen molar-refractivity contribution in [3.8, 4) is 0 Å². The van der Waals surface area contributed by atoms with Crippen LogP contribution in [0.25, 0.3) is 0 Å². The molecule has 0 saturated carbocycles. The standard InChI is InChI=1S/C10H15N3O3S/c1-3-16-10(15)8-9(17-6-13-8)12-5-4-11-7(2)14/h6,12H,3-5H2,1-2H3,(H,11,14). The van der Waals surface area contributed by atoms with Crippen LogP contribution in [0.5, 0.6) is 0 Å². The minimum Gasteiger partial charge on any atom is -0.461 e. The molecule has 6 nitrogen and oxygen atoms in total. The molecule has 1 heterocycles. The highest BCUT2D eigenvalue weighted by atomic mass is 32.1. The van der Waals surface area contributed by atoms with Gasteiger partial charge >= 0.3 is 5.97 Å². The molecule has 17 heavy (non-hydrogen) atoms. The number of esters is 1. The molecule has 0 atom stereocenters. The minimum atomic E-state index is -0.434. The number of carbonyl (C=O) groups is 2. The first-order valence-corrected chi connectivity index (χ1v) is 6.12. The molecular formula is C10H15N3O3S. The van der Waals surface area contributed by atoms with E-state index in [0.29, 0.717) is 30.4 Å². The van der Waals surface area contributed by atoms with Crippen molar-refractivity contribution in [1.29, 1.82) is 0 Å². The van der Waals surface area contributed by atoms with Gasteiger partial charge in [-0.05, 0) is 6.92 Å². The van der Waals surface area contributed by atoms with E-state index in [4.69, 9.17) is 4.74 Å². The Balaban J connectivity index is 2.45. The number of aromatic nitrogens is 1. The van der Waals surface area contributed by atoms with Gasteiger partial charge in [0.15, 0.2) is 5.69 Å². The van der Waals surface area contributed by atoms with Crippen LogP contribution in [0.2, 0.25) is 0 Å². The number of nitrogens with one attached hydrogen (secondary N) is 2. The van der Waals surface area contributed by atoms with Gasteiger partial charge in [-0.2, -0.15) is 0 Å². The molecule has 1 rings (SSSR count). The molecule has 0 fully saturated rings. The molecule has 94 valence electrons. The highest BCUT2D eigenvalue weighted by Crippen LogP contribution is 2.20. The van der Waals surface area contributed by atoms with E-state index in [2.05, 4.69) is 15.6 Å². The molecule has 1 amide bonds. The highest BCUT2D eigenvalue weighted by molar-refractivity contribution is 7.14. The summed E-state index contributed by atoms with van der Waals surface area (Å²) in [7, 11) is 0. The van der Waals surface area contributed by atoms with Crippen LogP contribution < -0.4 is 10.6 Å². The van der Waals surface area contributed by atoms with Crippen LogP contribution in [0.1, 0.15) is 24.3 Å². The number of amides is 1. The fourth-order valence-electron chi connectivity index (χ4n) is 1.13. The summed E-state index contributed by atoms with van der Waals surface area (Å²) in [5.41, 5.74) is 1.87. The number of thiazole rings is 1. The van der Waals surface area contributed by atoms with Crippen molar-refractivity contribution in [1.82, 2.24) is 10.3 Å². The first-order valence-electron chi connectivity index (χ1n) is 5.24. The maximum absolute atomic E-state index is 11.5. The van der Waals surface area contributed by atoms with Crippen molar-refractivity contribution in [2.24, 2.45) is 0 Å². The van der Waals surface area contributed by atoms with E-state index < -0.39 is 5.97 Å². The third kappa shape index (κ3) is 4.39. The number of hydrogen-bond donors (Lipinski definition) is 2. The second kappa shape index (κ2) is 6.85. The van der Waals surface area contributed by atoms with E-state index >= 15 is 0 Å². The number of rotatable bonds is 6. The average Bonchev–Trinajstić information content (AvgIpc) is 2.72. The molecule has 0 aromatic carbocycles. The van der Waals surface area contributed by atoms with Gasteiger partial charge in [0.25, 0.3) is 0 Å². The van der Waals surface area contributed by atoms with Gasteiger partial charge in [-0.1, -0.05) is 0 Å². The van der Waals surface area contributed by atoms with Gasteiger partial charge in [0.05, 0.1) is 12.1 Å². The summed E-state index contributed by atoms with van der Waals surface area (Å²) in [5.74, 6) is -0.516. The van der Waals surface area contributed by atoms with Crippen LogP contribution in [0.15, 0.2) is 5.51 Å². The Labute approximate surface area is 103 Å². The van der Waals surface area contributed by atoms with E-state index in [-0.39, 0.29) is 5.91 Å². The van der Waals surface area contributed by atoms with Crippen LogP contribution in [-0.4, -0.2) is 36.6 Å². The molecule has 1 aromatic heterocycles. The summed E-state index contributed by atoms with van der Waals surface area (Å²) >= 11 is 1.33. The lowest BCUT2D eigenvalue weighted by molar-refractivity contribution is -0.118. The SMILES string of the molecule is CCOC(=O)c1ncsc1NCCNC(C)=O. The van der Waals surface area contributed by atoms with Gasteiger partial charge in [-0.3, -0.25) is 4.79 Å². The molecule has 0 aliphatic heterocycles. The average molecular weight is 257 g/mol. The molecule has 1 aromatic rings. The smallest absolute Gasteiger partial charge is 0.360 e.